The molecule has 1 aromatic carbocycles. The molecule has 0 heterocycles. The molecule has 0 N–H and O–H groups in total. The van der Waals surface area contributed by atoms with Crippen LogP contribution in [-0.4, -0.2) is 4.51 Å². The van der Waals surface area contributed by atoms with Crippen LogP contribution >= 0.6 is 20.7 Å². The maximum atomic E-state index is 12.8. The number of halogens is 2. The second-order valence-electron chi connectivity index (χ2n) is 2.03. The SMILES string of the molecule is C=Ic1ccc(C)c(F)c1. The Morgan fingerprint density at radius 1 is 1.50 bits per heavy atom. The normalized spacial score (nSPS) is 9.80. The molecule has 0 saturated heterocycles. The third kappa shape index (κ3) is 1.62. The topological polar surface area (TPSA) is 0 Å². The molecule has 0 spiro atoms. The molecule has 0 nitrogen and oxygen atoms in total. The van der Waals surface area contributed by atoms with E-state index in [0.29, 0.717) is 5.56 Å². The number of benzene rings is 1. The van der Waals surface area contributed by atoms with E-state index in [1.807, 2.05) is 6.07 Å². The average molecular weight is 250 g/mol. The van der Waals surface area contributed by atoms with Gasteiger partial charge < -0.3 is 0 Å². The van der Waals surface area contributed by atoms with Crippen molar-refractivity contribution in [1.29, 1.82) is 0 Å². The van der Waals surface area contributed by atoms with E-state index in [2.05, 4.69) is 4.51 Å². The van der Waals surface area contributed by atoms with Crippen LogP contribution in [0.15, 0.2) is 18.2 Å². The summed E-state index contributed by atoms with van der Waals surface area (Å²) in [5, 5.41) is 0. The molecule has 0 aliphatic carbocycles. The first-order valence-electron chi connectivity index (χ1n) is 2.88. The minimum absolute atomic E-state index is 0.110. The van der Waals surface area contributed by atoms with Crippen molar-refractivity contribution in [1.82, 2.24) is 0 Å². The van der Waals surface area contributed by atoms with Gasteiger partial charge in [0.2, 0.25) is 0 Å². The molecule has 0 aliphatic heterocycles. The molecule has 0 atom stereocenters. The summed E-state index contributed by atoms with van der Waals surface area (Å²) in [6.45, 7) is 1.76. The van der Waals surface area contributed by atoms with Crippen molar-refractivity contribution >= 4 is 25.2 Å². The zero-order valence-electron chi connectivity index (χ0n) is 5.70. The fraction of sp³-hybridized carbons (Fsp3) is 0.125. The molecule has 2 heteroatoms. The molecule has 0 radical (unpaired) electrons. The van der Waals surface area contributed by atoms with Gasteiger partial charge in [-0.15, -0.1) is 0 Å². The van der Waals surface area contributed by atoms with Gasteiger partial charge in [0.25, 0.3) is 0 Å². The molecule has 54 valence electrons. The molecular weight excluding hydrogens is 242 g/mol. The Morgan fingerprint density at radius 3 is 2.70 bits per heavy atom. The average Bonchev–Trinajstić information content (AvgIpc) is 1.95. The molecule has 0 fully saturated rings. The standard InChI is InChI=1S/C8H8FI/c1-6-3-4-7(10-2)5-8(6)9/h3-5H,2H2,1H3. The van der Waals surface area contributed by atoms with Crippen LogP contribution in [0.5, 0.6) is 0 Å². The molecule has 0 unspecified atom stereocenters. The summed E-state index contributed by atoms with van der Waals surface area (Å²) >= 11 is -0.210. The second kappa shape index (κ2) is 3.23. The molecular formula is C8H8FI. The van der Waals surface area contributed by atoms with Crippen molar-refractivity contribution in [2.24, 2.45) is 0 Å². The van der Waals surface area contributed by atoms with Crippen molar-refractivity contribution in [3.05, 3.63) is 33.1 Å². The number of hydrogen-bond acceptors (Lipinski definition) is 0. The van der Waals surface area contributed by atoms with E-state index in [0.717, 1.165) is 3.57 Å². The monoisotopic (exact) mass is 250 g/mol. The smallest absolute Gasteiger partial charge is 0.127 e. The highest BCUT2D eigenvalue weighted by atomic mass is 127. The van der Waals surface area contributed by atoms with Gasteiger partial charge in [0, 0.05) is 3.57 Å². The Kier molecular flexibility index (Phi) is 2.54. The maximum absolute atomic E-state index is 12.8. The Bertz CT molecular complexity index is 255. The summed E-state index contributed by atoms with van der Waals surface area (Å²) < 4.78 is 17.6. The molecule has 10 heavy (non-hydrogen) atoms. The van der Waals surface area contributed by atoms with Gasteiger partial charge in [0.05, 0.1) is 0 Å². The number of rotatable bonds is 1. The van der Waals surface area contributed by atoms with Crippen LogP contribution in [0.3, 0.4) is 0 Å². The van der Waals surface area contributed by atoms with Gasteiger partial charge in [-0.3, -0.25) is 0 Å². The van der Waals surface area contributed by atoms with E-state index in [-0.39, 0.29) is 26.5 Å². The van der Waals surface area contributed by atoms with Crippen molar-refractivity contribution in [3.8, 4) is 0 Å². The Labute approximate surface area is 69.8 Å². The molecule has 0 aromatic heterocycles. The van der Waals surface area contributed by atoms with Gasteiger partial charge >= 0.3 is 0 Å². The first kappa shape index (κ1) is 7.85. The minimum atomic E-state index is -0.210. The van der Waals surface area contributed by atoms with Crippen LogP contribution in [0.25, 0.3) is 0 Å². The largest absolute Gasteiger partial charge is 0.207 e. The lowest BCUT2D eigenvalue weighted by atomic mass is 10.2. The summed E-state index contributed by atoms with van der Waals surface area (Å²) in [5.74, 6) is -0.110. The molecule has 1 rings (SSSR count). The van der Waals surface area contributed by atoms with Crippen molar-refractivity contribution < 1.29 is 4.39 Å². The van der Waals surface area contributed by atoms with Crippen LogP contribution < -0.4 is 0 Å². The maximum Gasteiger partial charge on any atom is 0.127 e. The number of aryl methyl sites for hydroxylation is 1. The quantitative estimate of drug-likeness (QED) is 0.672. The first-order valence-corrected chi connectivity index (χ1v) is 5.49. The van der Waals surface area contributed by atoms with Crippen molar-refractivity contribution in [2.45, 2.75) is 6.92 Å². The fourth-order valence-corrected chi connectivity index (χ4v) is 1.58. The van der Waals surface area contributed by atoms with E-state index < -0.39 is 0 Å². The minimum Gasteiger partial charge on any atom is -0.207 e. The lowest BCUT2D eigenvalue weighted by Crippen LogP contribution is -1.81. The summed E-state index contributed by atoms with van der Waals surface area (Å²) in [7, 11) is 0. The predicted octanol–water partition coefficient (Wildman–Crippen LogP) is 2.71. The van der Waals surface area contributed by atoms with E-state index in [1.54, 1.807) is 19.1 Å². The van der Waals surface area contributed by atoms with Crippen LogP contribution in [0.1, 0.15) is 5.56 Å². The fourth-order valence-electron chi connectivity index (χ4n) is 0.650. The molecule has 0 saturated carbocycles. The lowest BCUT2D eigenvalue weighted by Gasteiger charge is -1.95. The highest BCUT2D eigenvalue weighted by Crippen LogP contribution is 2.13. The van der Waals surface area contributed by atoms with Crippen molar-refractivity contribution in [3.63, 3.8) is 0 Å². The summed E-state index contributed by atoms with van der Waals surface area (Å²) in [4.78, 5) is 0. The van der Waals surface area contributed by atoms with Gasteiger partial charge in [-0.1, -0.05) is 31.3 Å². The first-order chi connectivity index (χ1) is 4.74. The van der Waals surface area contributed by atoms with Gasteiger partial charge in [0.15, 0.2) is 0 Å². The van der Waals surface area contributed by atoms with Crippen LogP contribution in [-0.2, 0) is 0 Å². The van der Waals surface area contributed by atoms with Gasteiger partial charge in [-0.25, -0.2) is 4.39 Å². The second-order valence-corrected chi connectivity index (χ2v) is 4.04. The van der Waals surface area contributed by atoms with Gasteiger partial charge in [-0.2, -0.15) is 0 Å². The van der Waals surface area contributed by atoms with Crippen LogP contribution in [0.4, 0.5) is 4.39 Å². The van der Waals surface area contributed by atoms with E-state index in [1.165, 1.54) is 0 Å². The summed E-state index contributed by atoms with van der Waals surface area (Å²) in [6, 6.07) is 5.32. The molecule has 0 aliphatic rings. The van der Waals surface area contributed by atoms with Gasteiger partial charge in [-0.05, 0) is 24.6 Å². The highest BCUT2D eigenvalue weighted by Gasteiger charge is 1.95. The lowest BCUT2D eigenvalue weighted by molar-refractivity contribution is 0.617. The van der Waals surface area contributed by atoms with Crippen molar-refractivity contribution in [2.75, 3.05) is 0 Å². The van der Waals surface area contributed by atoms with Crippen LogP contribution in [0, 0.1) is 16.3 Å². The predicted molar refractivity (Wildman–Crippen MR) is 51.0 cm³/mol. The highest BCUT2D eigenvalue weighted by molar-refractivity contribution is 14.2. The Morgan fingerprint density at radius 2 is 2.20 bits per heavy atom. The summed E-state index contributed by atoms with van der Waals surface area (Å²) in [5.41, 5.74) is 0.709. The molecule has 0 amide bonds. The zero-order valence-corrected chi connectivity index (χ0v) is 7.85. The van der Waals surface area contributed by atoms with E-state index in [9.17, 15) is 4.39 Å². The zero-order chi connectivity index (χ0) is 7.56. The summed E-state index contributed by atoms with van der Waals surface area (Å²) in [6.07, 6.45) is 0. The number of hydrogen-bond donors (Lipinski definition) is 0. The van der Waals surface area contributed by atoms with E-state index >= 15 is 0 Å². The third-order valence-corrected chi connectivity index (χ3v) is 2.84. The van der Waals surface area contributed by atoms with Crippen LogP contribution in [0.2, 0.25) is 0 Å². The Balaban J connectivity index is 3.16. The van der Waals surface area contributed by atoms with E-state index in [4.69, 9.17) is 0 Å². The van der Waals surface area contributed by atoms with Gasteiger partial charge in [0.1, 0.15) is 5.82 Å². The molecule has 1 aromatic rings. The third-order valence-electron chi connectivity index (χ3n) is 1.29. The Hall–Kier alpha value is -0.250. The molecule has 0 bridgehead atoms.